The fourth-order valence-electron chi connectivity index (χ4n) is 2.64. The third-order valence-corrected chi connectivity index (χ3v) is 4.12. The number of aliphatic hydroxyl groups excluding tert-OH is 1. The first kappa shape index (κ1) is 10.7. The van der Waals surface area contributed by atoms with Crippen molar-refractivity contribution in [3.8, 4) is 5.75 Å². The zero-order chi connectivity index (χ0) is 11.9. The molecule has 0 aliphatic heterocycles. The van der Waals surface area contributed by atoms with Crippen molar-refractivity contribution in [1.82, 2.24) is 0 Å². The van der Waals surface area contributed by atoms with Gasteiger partial charge < -0.3 is 9.84 Å². The maximum absolute atomic E-state index is 10.4. The predicted octanol–water partition coefficient (Wildman–Crippen LogP) is 3.72. The third-order valence-electron chi connectivity index (χ3n) is 4.12. The lowest BCUT2D eigenvalue weighted by atomic mass is 9.83. The van der Waals surface area contributed by atoms with Gasteiger partial charge in [-0.05, 0) is 55.4 Å². The molecule has 0 heterocycles. The Morgan fingerprint density at radius 1 is 1.29 bits per heavy atom. The topological polar surface area (TPSA) is 29.5 Å². The summed E-state index contributed by atoms with van der Waals surface area (Å²) in [4.78, 5) is 0. The average molecular weight is 230 g/mol. The Hall–Kier alpha value is -1.44. The summed E-state index contributed by atoms with van der Waals surface area (Å²) in [5.41, 5.74) is 2.39. The van der Waals surface area contributed by atoms with Crippen molar-refractivity contribution in [2.45, 2.75) is 37.5 Å². The minimum Gasteiger partial charge on any atom is -0.511 e. The van der Waals surface area contributed by atoms with Gasteiger partial charge in [-0.15, -0.1) is 0 Å². The molecular formula is C15H18O2. The summed E-state index contributed by atoms with van der Waals surface area (Å²) in [7, 11) is 1.68. The summed E-state index contributed by atoms with van der Waals surface area (Å²) in [6, 6.07) is 8.12. The smallest absolute Gasteiger partial charge is 0.119 e. The molecule has 1 N–H and O–H groups in total. The van der Waals surface area contributed by atoms with Crippen LogP contribution in [-0.2, 0) is 5.41 Å². The van der Waals surface area contributed by atoms with Gasteiger partial charge in [0, 0.05) is 0 Å². The Kier molecular flexibility index (Phi) is 2.39. The van der Waals surface area contributed by atoms with Gasteiger partial charge in [-0.25, -0.2) is 0 Å². The van der Waals surface area contributed by atoms with Gasteiger partial charge in [-0.2, -0.15) is 0 Å². The van der Waals surface area contributed by atoms with Gasteiger partial charge in [0.25, 0.3) is 0 Å². The van der Waals surface area contributed by atoms with Crippen molar-refractivity contribution < 1.29 is 9.84 Å². The van der Waals surface area contributed by atoms with Crippen LogP contribution in [0.25, 0.3) is 0 Å². The normalized spacial score (nSPS) is 20.6. The first-order valence-corrected chi connectivity index (χ1v) is 6.32. The fourth-order valence-corrected chi connectivity index (χ4v) is 2.64. The van der Waals surface area contributed by atoms with Crippen LogP contribution in [0.4, 0.5) is 0 Å². The Labute approximate surface area is 102 Å². The van der Waals surface area contributed by atoms with E-state index in [1.165, 1.54) is 17.6 Å². The number of rotatable bonds is 3. The van der Waals surface area contributed by atoms with E-state index in [4.69, 9.17) is 4.74 Å². The molecule has 0 spiro atoms. The van der Waals surface area contributed by atoms with Gasteiger partial charge in [0.05, 0.1) is 12.5 Å². The van der Waals surface area contributed by atoms with E-state index in [0.717, 1.165) is 31.4 Å². The molecular weight excluding hydrogens is 212 g/mol. The largest absolute Gasteiger partial charge is 0.511 e. The maximum Gasteiger partial charge on any atom is 0.119 e. The van der Waals surface area contributed by atoms with Gasteiger partial charge in [0.1, 0.15) is 11.5 Å². The van der Waals surface area contributed by atoms with Gasteiger partial charge >= 0.3 is 0 Å². The molecule has 2 aliphatic rings. The van der Waals surface area contributed by atoms with E-state index in [2.05, 4.69) is 12.1 Å². The summed E-state index contributed by atoms with van der Waals surface area (Å²) in [5, 5.41) is 10.4. The van der Waals surface area contributed by atoms with Crippen LogP contribution in [0.1, 0.15) is 37.7 Å². The summed E-state index contributed by atoms with van der Waals surface area (Å²) >= 11 is 0. The Morgan fingerprint density at radius 3 is 2.59 bits per heavy atom. The first-order valence-electron chi connectivity index (χ1n) is 6.32. The fraction of sp³-hybridized carbons (Fsp3) is 0.467. The van der Waals surface area contributed by atoms with Crippen molar-refractivity contribution in [2.24, 2.45) is 0 Å². The minimum absolute atomic E-state index is 0.0791. The van der Waals surface area contributed by atoms with Crippen molar-refractivity contribution in [2.75, 3.05) is 7.11 Å². The van der Waals surface area contributed by atoms with Crippen LogP contribution in [0.15, 0.2) is 35.6 Å². The van der Waals surface area contributed by atoms with Crippen LogP contribution in [0.2, 0.25) is 0 Å². The van der Waals surface area contributed by atoms with Crippen LogP contribution >= 0.6 is 0 Å². The highest BCUT2D eigenvalue weighted by Crippen LogP contribution is 2.55. The molecule has 0 radical (unpaired) electrons. The summed E-state index contributed by atoms with van der Waals surface area (Å²) in [6.45, 7) is 0. The second-order valence-electron chi connectivity index (χ2n) is 5.12. The SMILES string of the molecule is COc1cccc(C2(C(O)=C3CCC3)CC2)c1. The standard InChI is InChI=1S/C15H18O2/c1-17-13-7-3-6-12(10-13)15(8-9-15)14(16)11-4-2-5-11/h3,6-7,10,16H,2,4-5,8-9H2,1H3. The molecule has 2 heteroatoms. The molecule has 1 aromatic rings. The van der Waals surface area contributed by atoms with Crippen LogP contribution in [-0.4, -0.2) is 12.2 Å². The molecule has 2 fully saturated rings. The van der Waals surface area contributed by atoms with E-state index in [0.29, 0.717) is 5.76 Å². The van der Waals surface area contributed by atoms with Gasteiger partial charge in [0.15, 0.2) is 0 Å². The predicted molar refractivity (Wildman–Crippen MR) is 67.4 cm³/mol. The molecule has 0 unspecified atom stereocenters. The number of hydrogen-bond acceptors (Lipinski definition) is 2. The quantitative estimate of drug-likeness (QED) is 0.802. The number of allylic oxidation sites excluding steroid dienone is 2. The maximum atomic E-state index is 10.4. The molecule has 0 amide bonds. The molecule has 2 saturated carbocycles. The lowest BCUT2D eigenvalue weighted by Crippen LogP contribution is -2.15. The molecule has 0 aromatic heterocycles. The molecule has 90 valence electrons. The van der Waals surface area contributed by atoms with Crippen molar-refractivity contribution in [1.29, 1.82) is 0 Å². The molecule has 0 saturated heterocycles. The number of methoxy groups -OCH3 is 1. The highest BCUT2D eigenvalue weighted by atomic mass is 16.5. The Morgan fingerprint density at radius 2 is 2.06 bits per heavy atom. The van der Waals surface area contributed by atoms with E-state index >= 15 is 0 Å². The second-order valence-corrected chi connectivity index (χ2v) is 5.12. The molecule has 17 heavy (non-hydrogen) atoms. The Bertz CT molecular complexity index is 464. The van der Waals surface area contributed by atoms with Gasteiger partial charge in [0.2, 0.25) is 0 Å². The molecule has 1 aromatic carbocycles. The monoisotopic (exact) mass is 230 g/mol. The van der Waals surface area contributed by atoms with Crippen LogP contribution in [0.3, 0.4) is 0 Å². The highest BCUT2D eigenvalue weighted by Gasteiger charge is 2.49. The Balaban J connectivity index is 1.97. The zero-order valence-corrected chi connectivity index (χ0v) is 10.2. The molecule has 2 aliphatic carbocycles. The summed E-state index contributed by atoms with van der Waals surface area (Å²) < 4.78 is 5.26. The minimum atomic E-state index is -0.0791. The lowest BCUT2D eigenvalue weighted by Gasteiger charge is -2.24. The molecule has 0 bridgehead atoms. The van der Waals surface area contributed by atoms with E-state index in [1.807, 2.05) is 12.1 Å². The second kappa shape index (κ2) is 3.80. The molecule has 0 atom stereocenters. The van der Waals surface area contributed by atoms with E-state index in [9.17, 15) is 5.11 Å². The third kappa shape index (κ3) is 1.63. The van der Waals surface area contributed by atoms with E-state index in [-0.39, 0.29) is 5.41 Å². The average Bonchev–Trinajstić information content (AvgIpc) is 3.08. The number of ether oxygens (including phenoxy) is 1. The molecule has 2 nitrogen and oxygen atoms in total. The van der Waals surface area contributed by atoms with Crippen molar-refractivity contribution in [3.63, 3.8) is 0 Å². The van der Waals surface area contributed by atoms with Gasteiger partial charge in [-0.1, -0.05) is 12.1 Å². The molecule has 3 rings (SSSR count). The number of benzene rings is 1. The van der Waals surface area contributed by atoms with Crippen LogP contribution < -0.4 is 4.74 Å². The van der Waals surface area contributed by atoms with Crippen molar-refractivity contribution >= 4 is 0 Å². The lowest BCUT2D eigenvalue weighted by molar-refractivity contribution is 0.336. The van der Waals surface area contributed by atoms with E-state index < -0.39 is 0 Å². The summed E-state index contributed by atoms with van der Waals surface area (Å²) in [5.74, 6) is 1.53. The number of hydrogen-bond donors (Lipinski definition) is 1. The summed E-state index contributed by atoms with van der Waals surface area (Å²) in [6.07, 6.45) is 5.52. The van der Waals surface area contributed by atoms with Gasteiger partial charge in [-0.3, -0.25) is 0 Å². The zero-order valence-electron chi connectivity index (χ0n) is 10.2. The van der Waals surface area contributed by atoms with Crippen LogP contribution in [0.5, 0.6) is 5.75 Å². The highest BCUT2D eigenvalue weighted by molar-refractivity contribution is 5.45. The van der Waals surface area contributed by atoms with Crippen molar-refractivity contribution in [3.05, 3.63) is 41.2 Å². The van der Waals surface area contributed by atoms with E-state index in [1.54, 1.807) is 7.11 Å². The first-order chi connectivity index (χ1) is 8.26. The van der Waals surface area contributed by atoms with Crippen LogP contribution in [0, 0.1) is 0 Å². The number of aliphatic hydroxyl groups is 1.